The zero-order valence-corrected chi connectivity index (χ0v) is 15.6. The van der Waals surface area contributed by atoms with Gasteiger partial charge in [-0.2, -0.15) is 0 Å². The van der Waals surface area contributed by atoms with Gasteiger partial charge < -0.3 is 0 Å². The molecule has 0 N–H and O–H groups in total. The van der Waals surface area contributed by atoms with Gasteiger partial charge in [-0.15, -0.1) is 0 Å². The lowest BCUT2D eigenvalue weighted by atomic mass is 9.70. The first kappa shape index (κ1) is 17.8. The average Bonchev–Trinajstić information content (AvgIpc) is 2.47. The highest BCUT2D eigenvalue weighted by molar-refractivity contribution is 5.44. The van der Waals surface area contributed by atoms with Crippen LogP contribution in [0.5, 0.6) is 0 Å². The van der Waals surface area contributed by atoms with Crippen molar-refractivity contribution in [2.75, 3.05) is 0 Å². The molecule has 0 aliphatic heterocycles. The number of rotatable bonds is 2. The minimum Gasteiger partial charge on any atom is -0.0988 e. The van der Waals surface area contributed by atoms with E-state index < -0.39 is 0 Å². The molecule has 1 aliphatic carbocycles. The van der Waals surface area contributed by atoms with Crippen molar-refractivity contribution in [2.45, 2.75) is 65.7 Å². The summed E-state index contributed by atoms with van der Waals surface area (Å²) in [6.45, 7) is 15.8. The minimum atomic E-state index is 0.180. The number of benzene rings is 1. The van der Waals surface area contributed by atoms with Gasteiger partial charge in [0.1, 0.15) is 0 Å². The van der Waals surface area contributed by atoms with Crippen LogP contribution in [0.15, 0.2) is 60.2 Å². The molecule has 0 aromatic heterocycles. The van der Waals surface area contributed by atoms with Gasteiger partial charge in [-0.25, -0.2) is 0 Å². The number of fused-ring (bicyclic) bond motifs is 1. The molecule has 0 saturated carbocycles. The SMILES string of the molecule is C=C/C1=C(\C=C/C)Cc2ccccc2C(C)(C)CCCC1(C)C. The van der Waals surface area contributed by atoms with E-state index in [0.717, 1.165) is 6.42 Å². The molecule has 0 saturated heterocycles. The molecular formula is C23H32. The van der Waals surface area contributed by atoms with Crippen LogP contribution < -0.4 is 0 Å². The van der Waals surface area contributed by atoms with E-state index >= 15 is 0 Å². The maximum absolute atomic E-state index is 4.13. The van der Waals surface area contributed by atoms with Gasteiger partial charge in [0.25, 0.3) is 0 Å². The third-order valence-electron chi connectivity index (χ3n) is 5.38. The summed E-state index contributed by atoms with van der Waals surface area (Å²) < 4.78 is 0. The summed E-state index contributed by atoms with van der Waals surface area (Å²) >= 11 is 0. The van der Waals surface area contributed by atoms with Crippen molar-refractivity contribution in [2.24, 2.45) is 5.41 Å². The monoisotopic (exact) mass is 308 g/mol. The van der Waals surface area contributed by atoms with Crippen LogP contribution in [-0.2, 0) is 11.8 Å². The van der Waals surface area contributed by atoms with Crippen molar-refractivity contribution in [3.63, 3.8) is 0 Å². The number of hydrogen-bond donors (Lipinski definition) is 0. The van der Waals surface area contributed by atoms with Crippen molar-refractivity contribution < 1.29 is 0 Å². The fraction of sp³-hybridized carbons (Fsp3) is 0.478. The minimum absolute atomic E-state index is 0.180. The Hall–Kier alpha value is -1.56. The molecule has 0 spiro atoms. The van der Waals surface area contributed by atoms with Crippen LogP contribution in [0.4, 0.5) is 0 Å². The van der Waals surface area contributed by atoms with E-state index in [-0.39, 0.29) is 10.8 Å². The Labute approximate surface area is 143 Å². The van der Waals surface area contributed by atoms with Crippen LogP contribution >= 0.6 is 0 Å². The van der Waals surface area contributed by atoms with Crippen LogP contribution in [-0.4, -0.2) is 0 Å². The van der Waals surface area contributed by atoms with Crippen LogP contribution in [0.3, 0.4) is 0 Å². The van der Waals surface area contributed by atoms with Gasteiger partial charge in [0.2, 0.25) is 0 Å². The molecule has 0 heteroatoms. The van der Waals surface area contributed by atoms with E-state index in [4.69, 9.17) is 0 Å². The second kappa shape index (κ2) is 6.91. The van der Waals surface area contributed by atoms with Gasteiger partial charge in [-0.05, 0) is 59.3 Å². The molecule has 0 nitrogen and oxygen atoms in total. The Balaban J connectivity index is 2.66. The van der Waals surface area contributed by atoms with Crippen LogP contribution in [0.1, 0.15) is 65.0 Å². The fourth-order valence-electron chi connectivity index (χ4n) is 4.07. The van der Waals surface area contributed by atoms with E-state index in [1.165, 1.54) is 41.5 Å². The van der Waals surface area contributed by atoms with Gasteiger partial charge in [-0.3, -0.25) is 0 Å². The molecule has 2 rings (SSSR count). The zero-order chi connectivity index (χ0) is 17.1. The molecule has 0 heterocycles. The highest BCUT2D eigenvalue weighted by Gasteiger charge is 2.29. The van der Waals surface area contributed by atoms with Gasteiger partial charge >= 0.3 is 0 Å². The molecule has 124 valence electrons. The van der Waals surface area contributed by atoms with Crippen molar-refractivity contribution in [1.29, 1.82) is 0 Å². The molecule has 0 fully saturated rings. The smallest absolute Gasteiger partial charge is 0.00200 e. The summed E-state index contributed by atoms with van der Waals surface area (Å²) in [5.41, 5.74) is 6.20. The predicted octanol–water partition coefficient (Wildman–Crippen LogP) is 6.78. The first-order valence-electron chi connectivity index (χ1n) is 8.89. The van der Waals surface area contributed by atoms with Crippen molar-refractivity contribution in [3.8, 4) is 0 Å². The lowest BCUT2D eigenvalue weighted by Gasteiger charge is -2.34. The summed E-state index contributed by atoms with van der Waals surface area (Å²) in [5, 5.41) is 0. The molecule has 0 radical (unpaired) electrons. The Bertz CT molecular complexity index is 623. The largest absolute Gasteiger partial charge is 0.0988 e. The molecule has 23 heavy (non-hydrogen) atoms. The van der Waals surface area contributed by atoms with Gasteiger partial charge in [0, 0.05) is 0 Å². The van der Waals surface area contributed by atoms with E-state index in [0.29, 0.717) is 0 Å². The summed E-state index contributed by atoms with van der Waals surface area (Å²) in [5.74, 6) is 0. The molecule has 1 aliphatic rings. The predicted molar refractivity (Wildman–Crippen MR) is 103 cm³/mol. The first-order chi connectivity index (χ1) is 10.8. The van der Waals surface area contributed by atoms with E-state index in [2.05, 4.69) is 83.7 Å². The van der Waals surface area contributed by atoms with Gasteiger partial charge in [0.15, 0.2) is 0 Å². The average molecular weight is 309 g/mol. The molecular weight excluding hydrogens is 276 g/mol. The topological polar surface area (TPSA) is 0 Å². The Kier molecular flexibility index (Phi) is 5.34. The van der Waals surface area contributed by atoms with Crippen molar-refractivity contribution >= 4 is 0 Å². The molecule has 0 atom stereocenters. The molecule has 0 bridgehead atoms. The number of hydrogen-bond acceptors (Lipinski definition) is 0. The van der Waals surface area contributed by atoms with Crippen LogP contribution in [0.2, 0.25) is 0 Å². The zero-order valence-electron chi connectivity index (χ0n) is 15.6. The normalized spacial score (nSPS) is 24.2. The molecule has 1 aromatic rings. The molecule has 0 amide bonds. The highest BCUT2D eigenvalue weighted by Crippen LogP contribution is 2.41. The Morgan fingerprint density at radius 3 is 2.30 bits per heavy atom. The summed E-state index contributed by atoms with van der Waals surface area (Å²) in [4.78, 5) is 0. The van der Waals surface area contributed by atoms with Crippen LogP contribution in [0.25, 0.3) is 0 Å². The lowest BCUT2D eigenvalue weighted by Crippen LogP contribution is -2.24. The third-order valence-corrected chi connectivity index (χ3v) is 5.38. The summed E-state index contributed by atoms with van der Waals surface area (Å²) in [7, 11) is 0. The second-order valence-electron chi connectivity index (χ2n) is 8.10. The standard InChI is InChI=1S/C23H32/c1-7-12-18-17-19-13-9-10-14-21(19)23(5,6)16-11-15-22(3,4)20(18)8-2/h7-10,12-14H,2,11,15-17H2,1,3-6H3/b12-7-,20-18-. The quantitative estimate of drug-likeness (QED) is 0.565. The van der Waals surface area contributed by atoms with E-state index in [9.17, 15) is 0 Å². The molecule has 1 aromatic carbocycles. The Morgan fingerprint density at radius 2 is 1.65 bits per heavy atom. The van der Waals surface area contributed by atoms with Gasteiger partial charge in [-0.1, -0.05) is 83.2 Å². The van der Waals surface area contributed by atoms with Crippen molar-refractivity contribution in [1.82, 2.24) is 0 Å². The maximum atomic E-state index is 4.13. The first-order valence-corrected chi connectivity index (χ1v) is 8.89. The fourth-order valence-corrected chi connectivity index (χ4v) is 4.07. The number of allylic oxidation sites excluding steroid dienone is 5. The molecule has 0 unspecified atom stereocenters. The van der Waals surface area contributed by atoms with Crippen molar-refractivity contribution in [3.05, 3.63) is 71.3 Å². The summed E-state index contributed by atoms with van der Waals surface area (Å²) in [6.07, 6.45) is 11.2. The lowest BCUT2D eigenvalue weighted by molar-refractivity contribution is 0.354. The third kappa shape index (κ3) is 3.86. The van der Waals surface area contributed by atoms with Gasteiger partial charge in [0.05, 0.1) is 0 Å². The van der Waals surface area contributed by atoms with Crippen LogP contribution in [0, 0.1) is 5.41 Å². The Morgan fingerprint density at radius 1 is 1.00 bits per heavy atom. The van der Waals surface area contributed by atoms with E-state index in [1.807, 2.05) is 0 Å². The second-order valence-corrected chi connectivity index (χ2v) is 8.10. The maximum Gasteiger partial charge on any atom is -0.00200 e. The van der Waals surface area contributed by atoms with E-state index in [1.54, 1.807) is 0 Å². The summed E-state index contributed by atoms with van der Waals surface area (Å²) in [6, 6.07) is 8.98. The highest BCUT2D eigenvalue weighted by atomic mass is 14.3.